The summed E-state index contributed by atoms with van der Waals surface area (Å²) in [4.78, 5) is 37.9. The van der Waals surface area contributed by atoms with Crippen LogP contribution in [-0.2, 0) is 9.59 Å². The van der Waals surface area contributed by atoms with E-state index in [0.717, 1.165) is 12.1 Å². The average molecular weight is 432 g/mol. The third kappa shape index (κ3) is 4.22. The van der Waals surface area contributed by atoms with Gasteiger partial charge in [-0.05, 0) is 44.7 Å². The molecule has 164 valence electrons. The van der Waals surface area contributed by atoms with Gasteiger partial charge in [-0.25, -0.2) is 8.78 Å². The molecular weight excluding hydrogens is 410 g/mol. The van der Waals surface area contributed by atoms with Gasteiger partial charge in [0, 0.05) is 35.9 Å². The number of ketones is 2. The van der Waals surface area contributed by atoms with Crippen LogP contribution < -0.4 is 10.1 Å². The number of hydrogen-bond acceptors (Lipinski definition) is 6. The molecule has 0 radical (unpaired) electrons. The summed E-state index contributed by atoms with van der Waals surface area (Å²) < 4.78 is 36.5. The van der Waals surface area contributed by atoms with Gasteiger partial charge in [0.25, 0.3) is 5.91 Å². The van der Waals surface area contributed by atoms with Crippen LogP contribution in [0.15, 0.2) is 28.8 Å². The molecule has 3 aliphatic carbocycles. The van der Waals surface area contributed by atoms with Crippen LogP contribution in [0.5, 0.6) is 5.75 Å². The van der Waals surface area contributed by atoms with E-state index in [1.807, 2.05) is 0 Å². The largest absolute Gasteiger partial charge is 0.486 e. The molecule has 9 heteroatoms. The number of nitrogens with one attached hydrogen (secondary N) is 1. The first-order valence-electron chi connectivity index (χ1n) is 10.1. The number of aromatic nitrogens is 1. The molecule has 1 aromatic carbocycles. The second kappa shape index (κ2) is 7.86. The lowest BCUT2D eigenvalue weighted by Crippen LogP contribution is -2.60. The molecule has 0 unspecified atom stereocenters. The van der Waals surface area contributed by atoms with Gasteiger partial charge < -0.3 is 14.6 Å². The molecule has 5 rings (SSSR count). The van der Waals surface area contributed by atoms with Crippen molar-refractivity contribution in [1.29, 1.82) is 0 Å². The molecule has 1 heterocycles. The maximum atomic E-state index is 13.3. The lowest BCUT2D eigenvalue weighted by molar-refractivity contribution is -0.145. The van der Waals surface area contributed by atoms with Crippen molar-refractivity contribution < 1.29 is 32.4 Å². The van der Waals surface area contributed by atoms with Gasteiger partial charge in [0.1, 0.15) is 18.1 Å². The van der Waals surface area contributed by atoms with Gasteiger partial charge in [0.15, 0.2) is 17.4 Å². The van der Waals surface area contributed by atoms with Crippen LogP contribution in [0.3, 0.4) is 0 Å². The van der Waals surface area contributed by atoms with E-state index < -0.39 is 28.5 Å². The number of halogens is 2. The van der Waals surface area contributed by atoms with Crippen LogP contribution in [0.2, 0.25) is 0 Å². The van der Waals surface area contributed by atoms with Crippen LogP contribution in [0.4, 0.5) is 8.78 Å². The molecule has 1 amide bonds. The molecule has 0 atom stereocenters. The highest BCUT2D eigenvalue weighted by Crippen LogP contribution is 2.52. The van der Waals surface area contributed by atoms with E-state index in [-0.39, 0.29) is 42.5 Å². The molecule has 0 aliphatic heterocycles. The maximum absolute atomic E-state index is 13.3. The topological polar surface area (TPSA) is 98.5 Å². The fourth-order valence-corrected chi connectivity index (χ4v) is 4.53. The number of hydrogen-bond donors (Lipinski definition) is 1. The average Bonchev–Trinajstić information content (AvgIpc) is 3.17. The highest BCUT2D eigenvalue weighted by Gasteiger charge is 2.55. The highest BCUT2D eigenvalue weighted by molar-refractivity contribution is 5.96. The van der Waals surface area contributed by atoms with Crippen LogP contribution in [0.1, 0.15) is 54.8 Å². The molecule has 3 saturated carbocycles. The number of carbonyl (C=O) groups is 3. The zero-order valence-corrected chi connectivity index (χ0v) is 17.0. The maximum Gasteiger partial charge on any atom is 0.290 e. The van der Waals surface area contributed by atoms with Crippen molar-refractivity contribution in [3.05, 3.63) is 47.4 Å². The van der Waals surface area contributed by atoms with E-state index in [1.165, 1.54) is 12.1 Å². The van der Waals surface area contributed by atoms with Gasteiger partial charge >= 0.3 is 0 Å². The number of fused-ring (bicyclic) bond motifs is 3. The van der Waals surface area contributed by atoms with Gasteiger partial charge in [-0.1, -0.05) is 5.16 Å². The van der Waals surface area contributed by atoms with Gasteiger partial charge in [0.2, 0.25) is 5.76 Å². The molecule has 1 N–H and O–H groups in total. The molecule has 3 aliphatic rings. The third-order valence-electron chi connectivity index (χ3n) is 6.31. The van der Waals surface area contributed by atoms with E-state index in [2.05, 4.69) is 10.5 Å². The normalized spacial score (nSPS) is 24.8. The molecule has 0 saturated heterocycles. The molecule has 3 fully saturated rings. The molecule has 7 nitrogen and oxygen atoms in total. The van der Waals surface area contributed by atoms with Gasteiger partial charge in [0.05, 0.1) is 5.69 Å². The Labute approximate surface area is 177 Å². The highest BCUT2D eigenvalue weighted by atomic mass is 19.2. The number of aryl methyl sites for hydroxylation is 1. The predicted molar refractivity (Wildman–Crippen MR) is 103 cm³/mol. The van der Waals surface area contributed by atoms with E-state index in [0.29, 0.717) is 31.4 Å². The number of benzene rings is 1. The van der Waals surface area contributed by atoms with Crippen molar-refractivity contribution >= 4 is 17.5 Å². The number of amides is 1. The summed E-state index contributed by atoms with van der Waals surface area (Å²) in [6, 6.07) is 4.58. The summed E-state index contributed by atoms with van der Waals surface area (Å²) in [5.41, 5.74) is -0.805. The Morgan fingerprint density at radius 3 is 2.52 bits per heavy atom. The van der Waals surface area contributed by atoms with Crippen molar-refractivity contribution in [3.63, 3.8) is 0 Å². The first-order valence-corrected chi connectivity index (χ1v) is 10.1. The van der Waals surface area contributed by atoms with Crippen molar-refractivity contribution in [1.82, 2.24) is 10.5 Å². The second-order valence-corrected chi connectivity index (χ2v) is 8.53. The Kier molecular flexibility index (Phi) is 5.36. The fraction of sp³-hybridized carbons (Fsp3) is 0.455. The number of Topliss-reactive ketones (excluding diaryl/α,β-unsaturated/α-hetero) is 2. The van der Waals surface area contributed by atoms with E-state index in [1.54, 1.807) is 6.92 Å². The smallest absolute Gasteiger partial charge is 0.290 e. The Balaban J connectivity index is 1.35. The van der Waals surface area contributed by atoms with Gasteiger partial charge in [-0.2, -0.15) is 0 Å². The first-order chi connectivity index (χ1) is 14.7. The molecule has 0 spiro atoms. The fourth-order valence-electron chi connectivity index (χ4n) is 4.53. The number of rotatable bonds is 7. The summed E-state index contributed by atoms with van der Waals surface area (Å²) in [7, 11) is 0. The Morgan fingerprint density at radius 1 is 1.16 bits per heavy atom. The molecule has 1 aromatic heterocycles. The number of nitrogens with zero attached hydrogens (tertiary/aromatic N) is 1. The first kappa shape index (κ1) is 21.1. The zero-order chi connectivity index (χ0) is 22.2. The van der Waals surface area contributed by atoms with Crippen LogP contribution in [0, 0.1) is 24.0 Å². The molecule has 2 bridgehead atoms. The summed E-state index contributed by atoms with van der Waals surface area (Å²) in [6.07, 6.45) is 2.31. The quantitative estimate of drug-likeness (QED) is 0.721. The van der Waals surface area contributed by atoms with Crippen LogP contribution in [0.25, 0.3) is 0 Å². The number of carbonyl (C=O) groups excluding carboxylic acids is 3. The second-order valence-electron chi connectivity index (χ2n) is 8.53. The molecule has 31 heavy (non-hydrogen) atoms. The van der Waals surface area contributed by atoms with Crippen LogP contribution >= 0.6 is 0 Å². The van der Waals surface area contributed by atoms with Crippen molar-refractivity contribution in [2.24, 2.45) is 5.41 Å². The van der Waals surface area contributed by atoms with Crippen molar-refractivity contribution in [2.75, 3.05) is 6.61 Å². The zero-order valence-electron chi connectivity index (χ0n) is 17.0. The molecular formula is C22H22F2N2O5. The van der Waals surface area contributed by atoms with Gasteiger partial charge in [-0.15, -0.1) is 0 Å². The minimum atomic E-state index is -1.06. The minimum absolute atomic E-state index is 0.0286. The SMILES string of the molecule is Cc1cc(C(=O)NC23CCC(CC(=O)COc4ccc(F)c(F)c4)(CC2)C(=O)C3)on1. The Hall–Kier alpha value is -3.10. The lowest BCUT2D eigenvalue weighted by atomic mass is 9.55. The standard InChI is InChI=1S/C22H22F2N2O5/c1-13-8-18(31-26-13)20(29)25-22-6-4-21(5-7-22,19(28)11-22)10-14(27)12-30-15-2-3-16(23)17(24)9-15/h2-3,8-9H,4-7,10-12H2,1H3,(H,25,29). The minimum Gasteiger partial charge on any atom is -0.486 e. The number of ether oxygens (including phenoxy) is 1. The summed E-state index contributed by atoms with van der Waals surface area (Å²) in [5, 5.41) is 6.64. The van der Waals surface area contributed by atoms with E-state index in [9.17, 15) is 23.2 Å². The van der Waals surface area contributed by atoms with E-state index in [4.69, 9.17) is 9.26 Å². The van der Waals surface area contributed by atoms with Crippen molar-refractivity contribution in [3.8, 4) is 5.75 Å². The predicted octanol–water partition coefficient (Wildman–Crippen LogP) is 3.30. The summed E-state index contributed by atoms with van der Waals surface area (Å²) >= 11 is 0. The Morgan fingerprint density at radius 2 is 1.90 bits per heavy atom. The monoisotopic (exact) mass is 432 g/mol. The van der Waals surface area contributed by atoms with E-state index >= 15 is 0 Å². The lowest BCUT2D eigenvalue weighted by Gasteiger charge is -2.52. The van der Waals surface area contributed by atoms with Gasteiger partial charge in [-0.3, -0.25) is 14.4 Å². The Bertz CT molecular complexity index is 1040. The van der Waals surface area contributed by atoms with Crippen LogP contribution in [-0.4, -0.2) is 34.8 Å². The summed E-state index contributed by atoms with van der Waals surface area (Å²) in [6.45, 7) is 1.39. The third-order valence-corrected chi connectivity index (χ3v) is 6.31. The summed E-state index contributed by atoms with van der Waals surface area (Å²) in [5.74, 6) is -2.65. The van der Waals surface area contributed by atoms with Crippen molar-refractivity contribution in [2.45, 2.75) is 51.0 Å². The molecule has 2 aromatic rings.